The van der Waals surface area contributed by atoms with Crippen LogP contribution in [0.1, 0.15) is 124 Å². The summed E-state index contributed by atoms with van der Waals surface area (Å²) in [6, 6.07) is 13.7. The van der Waals surface area contributed by atoms with Gasteiger partial charge in [0.2, 0.25) is 0 Å². The number of ether oxygens (including phenoxy) is 4. The first-order valence-corrected chi connectivity index (χ1v) is 118. The molecule has 0 unspecified atom stereocenters. The first kappa shape index (κ1) is 113. The Morgan fingerprint density at radius 3 is 0.570 bits per heavy atom. The van der Waals surface area contributed by atoms with Crippen LogP contribution in [-0.4, -0.2) is 128 Å². The Morgan fingerprint density at radius 2 is 0.413 bits per heavy atom. The Balaban J connectivity index is 0.000000558. The van der Waals surface area contributed by atoms with E-state index < -0.39 is 42.0 Å². The van der Waals surface area contributed by atoms with Gasteiger partial charge in [0.05, 0.1) is 150 Å². The van der Waals surface area contributed by atoms with E-state index in [0.29, 0.717) is 109 Å². The molecular formula is C65H72Cl36N12O4Sb4. The van der Waals surface area contributed by atoms with Crippen molar-refractivity contribution < 1.29 is 37.7 Å². The van der Waals surface area contributed by atoms with E-state index in [0.717, 1.165) is 176 Å². The van der Waals surface area contributed by atoms with Crippen LogP contribution < -0.4 is 18.7 Å². The number of benzene rings is 4. The summed E-state index contributed by atoms with van der Waals surface area (Å²) in [7, 11) is 99.9. The fraction of sp³-hybridized carbons (Fsp3) is 0.508. The zero-order valence-electron chi connectivity index (χ0n) is 62.1. The van der Waals surface area contributed by atoms with Gasteiger partial charge >= 0.3 is 272 Å². The quantitative estimate of drug-likeness (QED) is 0.0333. The molecule has 0 amide bonds. The molecule has 0 N–H and O–H groups in total. The van der Waals surface area contributed by atoms with Crippen molar-refractivity contribution in [2.75, 3.05) is 52.9 Å². The molecule has 56 heteroatoms. The molecule has 0 saturated carbocycles. The Morgan fingerprint density at radius 1 is 0.256 bits per heavy atom. The molecule has 0 saturated heterocycles. The Bertz CT molecular complexity index is 4290. The number of fused-ring (bicyclic) bond motifs is 4. The molecule has 4 aromatic heterocycles. The van der Waals surface area contributed by atoms with E-state index in [1.54, 1.807) is 48.5 Å². The van der Waals surface area contributed by atoms with Gasteiger partial charge in [-0.2, -0.15) is 0 Å². The SMILES string of the molecule is Clc1cc(Cl)c(-n2c(CCOCC(COCCc3nc4[n+](n3-c3c(Cl)cc(Cl)cc3Cl)CCCCC4)(COCCc3nc4[n+](n3-c3c(Cl)cc(Cl)cc3Cl)CCCCC4)COCCc3nc4[n+](n3-c3c(Cl)cc(Cl)cc3Cl)CCCCC4)nc3[n+]2CCCCC3)c(Cl)c1.[Cl][Sb-]([Cl])([Cl])([Cl])([Cl])[Cl].[Cl][Sb-]([Cl])([Cl])([Cl])([Cl])[Cl].[Cl][Sb-]([Cl])([Cl])([Cl])([Cl])[Cl].[Cl][Sb-]([Cl])([Cl])([Cl])([Cl])[Cl]. The molecule has 0 radical (unpaired) electrons. The molecule has 8 heterocycles. The van der Waals surface area contributed by atoms with E-state index in [4.69, 9.17) is 390 Å². The molecule has 12 rings (SSSR count). The van der Waals surface area contributed by atoms with E-state index in [-0.39, 0.29) is 52.9 Å². The summed E-state index contributed by atoms with van der Waals surface area (Å²) >= 11 is 82.0. The average molecular weight is 2850 g/mol. The van der Waals surface area contributed by atoms with Crippen molar-refractivity contribution in [3.63, 3.8) is 0 Å². The average Bonchev–Trinajstić information content (AvgIpc) is 1.57. The van der Waals surface area contributed by atoms with Gasteiger partial charge in [-0.15, -0.1) is 37.5 Å². The molecule has 8 aromatic rings. The summed E-state index contributed by atoms with van der Waals surface area (Å²) in [6.45, 7) is 4.64. The molecule has 0 spiro atoms. The van der Waals surface area contributed by atoms with Gasteiger partial charge in [-0.3, -0.25) is 0 Å². The summed E-state index contributed by atoms with van der Waals surface area (Å²) in [5.74, 6) is 6.82. The zero-order valence-corrected chi connectivity index (χ0v) is 99.6. The molecule has 0 bridgehead atoms. The molecule has 16 nitrogen and oxygen atoms in total. The third kappa shape index (κ3) is 42.9. The number of hydrogen-bond donors (Lipinski definition) is 0. The van der Waals surface area contributed by atoms with Gasteiger partial charge in [0.1, 0.15) is 48.9 Å². The summed E-state index contributed by atoms with van der Waals surface area (Å²) in [4.78, 5) is 20.9. The van der Waals surface area contributed by atoms with Crippen molar-refractivity contribution in [3.8, 4) is 22.7 Å². The Kier molecular flexibility index (Phi) is 40.1. The molecule has 688 valence electrons. The topological polar surface area (TPSA) is 124 Å². The summed E-state index contributed by atoms with van der Waals surface area (Å²) < 4.78 is 44.7. The van der Waals surface area contributed by atoms with Crippen LogP contribution >= 0.6 is 351 Å². The number of halogens is 36. The van der Waals surface area contributed by atoms with Crippen molar-refractivity contribution in [2.45, 2.75) is 155 Å². The van der Waals surface area contributed by atoms with E-state index in [2.05, 4.69) is 18.7 Å². The maximum absolute atomic E-state index is 7.01. The van der Waals surface area contributed by atoms with E-state index in [1.807, 2.05) is 18.7 Å². The first-order chi connectivity index (χ1) is 54.8. The molecule has 121 heavy (non-hydrogen) atoms. The standard InChI is InChI=1S/C65H72Cl12N12O4.24ClH.4Sb/c66-41-29-45(70)61(46(71)30-41)86-57(78-53-13-5-1-9-21-82(53)86)17-25-90-37-65(38-91-26-18-58-79-54-14-6-2-10-22-83(54)87(58)62-47(72)31-42(67)32-48(62)73,39-92-27-19-59-80-55-15-7-3-11-23-84(55)88(59)63-49(74)33-43(68)34-50(63)75)40-93-28-20-60-81-56-16-8-4-12-24-85(56)89(60)64-51(76)35-44(69)36-52(64)77;;;;;;;;;;;;;;;;;;;;;;;;;;;;/h29-36H,1-28,37-40H2;24*1H;;;;/q+4;;;;;;;;;;;;;;;;;;;;;;;;;4*+5/p-24. The van der Waals surface area contributed by atoms with E-state index in [9.17, 15) is 0 Å². The summed E-state index contributed by atoms with van der Waals surface area (Å²) in [6.07, 6.45) is 17.2. The van der Waals surface area contributed by atoms with Crippen molar-refractivity contribution in [1.29, 1.82) is 0 Å². The van der Waals surface area contributed by atoms with Crippen LogP contribution in [-0.2, 0) is 96.5 Å². The Hall–Kier alpha value is 6.99. The Labute approximate surface area is 840 Å². The third-order valence-electron chi connectivity index (χ3n) is 17.5. The van der Waals surface area contributed by atoms with Gasteiger partial charge < -0.3 is 18.9 Å². The third-order valence-corrected chi connectivity index (χ3v) is 20.7. The second-order valence-electron chi connectivity index (χ2n) is 28.2. The minimum absolute atomic E-state index is 0.154. The van der Waals surface area contributed by atoms with Crippen LogP contribution in [0.4, 0.5) is 0 Å². The van der Waals surface area contributed by atoms with Crippen LogP contribution in [0.25, 0.3) is 22.7 Å². The maximum atomic E-state index is 7.01. The van der Waals surface area contributed by atoms with Gasteiger partial charge in [0, 0.05) is 20.1 Å². The van der Waals surface area contributed by atoms with Crippen molar-refractivity contribution in [2.24, 2.45) is 5.41 Å². The summed E-state index contributed by atoms with van der Waals surface area (Å²) in [5.41, 5.74) is 1.54. The second kappa shape index (κ2) is 42.8. The molecule has 0 fully saturated rings. The first-order valence-electron chi connectivity index (χ1n) is 36.0. The number of nitrogens with zero attached hydrogens (tertiary/aromatic N) is 12. The number of rotatable bonds is 24. The van der Waals surface area contributed by atoms with Crippen molar-refractivity contribution in [3.05, 3.63) is 155 Å². The van der Waals surface area contributed by atoms with Crippen molar-refractivity contribution >= 4 is 388 Å². The fourth-order valence-corrected chi connectivity index (χ4v) is 17.1. The van der Waals surface area contributed by atoms with E-state index in [1.165, 1.54) is 0 Å². The number of hydrogen-bond acceptors (Lipinski definition) is 8. The van der Waals surface area contributed by atoms with Crippen LogP contribution in [0.5, 0.6) is 0 Å². The van der Waals surface area contributed by atoms with Gasteiger partial charge in [-0.25, -0.2) is 0 Å². The summed E-state index contributed by atoms with van der Waals surface area (Å²) in [5, 5.41) is 5.09. The number of aromatic nitrogens is 12. The minimum atomic E-state index is -5.42. The van der Waals surface area contributed by atoms with Gasteiger partial charge in [0.25, 0.3) is 23.3 Å². The monoisotopic (exact) mass is 2830 g/mol. The van der Waals surface area contributed by atoms with Crippen LogP contribution in [0, 0.1) is 5.41 Å². The van der Waals surface area contributed by atoms with E-state index >= 15 is 0 Å². The predicted octanol–water partition coefficient (Wildman–Crippen LogP) is 30.7. The van der Waals surface area contributed by atoms with Crippen LogP contribution in [0.15, 0.2) is 48.5 Å². The second-order valence-corrected chi connectivity index (χ2v) is 261. The predicted molar refractivity (Wildman–Crippen MR) is 529 cm³/mol. The van der Waals surface area contributed by atoms with Gasteiger partial charge in [-0.05, 0) is 146 Å². The van der Waals surface area contributed by atoms with Crippen LogP contribution in [0.2, 0.25) is 60.3 Å². The number of aryl methyl sites for hydroxylation is 4. The molecular weight excluding hydrogens is 2780 g/mol. The normalized spacial score (nSPS) is 17.2. The molecule has 4 aliphatic rings. The molecule has 4 aliphatic heterocycles. The van der Waals surface area contributed by atoms with Gasteiger partial charge in [0.15, 0.2) is 0 Å². The fourth-order valence-electron chi connectivity index (χ4n) is 13.2. The molecule has 0 atom stereocenters. The van der Waals surface area contributed by atoms with Crippen molar-refractivity contribution in [1.82, 2.24) is 38.7 Å². The van der Waals surface area contributed by atoms with Gasteiger partial charge in [-0.1, -0.05) is 139 Å². The zero-order chi connectivity index (χ0) is 90.5. The van der Waals surface area contributed by atoms with Crippen LogP contribution in [0.3, 0.4) is 0 Å². The molecule has 4 aromatic carbocycles. The molecule has 0 aliphatic carbocycles.